The summed E-state index contributed by atoms with van der Waals surface area (Å²) in [6.45, 7) is 2.82. The number of halogens is 4. The number of rotatable bonds is 7. The number of alkyl halides is 3. The molecule has 0 aliphatic carbocycles. The lowest BCUT2D eigenvalue weighted by molar-refractivity contribution is -0.186. The lowest BCUT2D eigenvalue weighted by Crippen LogP contribution is -2.21. The maximum absolute atomic E-state index is 11.9. The van der Waals surface area contributed by atoms with Crippen molar-refractivity contribution in [3.63, 3.8) is 0 Å². The number of ether oxygens (including phenoxy) is 2. The van der Waals surface area contributed by atoms with Crippen molar-refractivity contribution in [3.8, 4) is 5.75 Å². The van der Waals surface area contributed by atoms with Crippen LogP contribution in [0.2, 0.25) is 5.02 Å². The Hall–Kier alpha value is -0.980. The summed E-state index contributed by atoms with van der Waals surface area (Å²) in [5.74, 6) is 0.449. The SMILES string of the molecule is CCNC(C)c1cc(Cl)ccc1OCOCC(F)(F)F. The van der Waals surface area contributed by atoms with Gasteiger partial charge in [-0.05, 0) is 31.7 Å². The van der Waals surface area contributed by atoms with E-state index in [-0.39, 0.29) is 6.04 Å². The van der Waals surface area contributed by atoms with E-state index in [2.05, 4.69) is 10.1 Å². The minimum absolute atomic E-state index is 0.0312. The Morgan fingerprint density at radius 3 is 2.65 bits per heavy atom. The highest BCUT2D eigenvalue weighted by atomic mass is 35.5. The smallest absolute Gasteiger partial charge is 0.411 e. The number of benzene rings is 1. The minimum atomic E-state index is -4.36. The summed E-state index contributed by atoms with van der Waals surface area (Å²) < 4.78 is 45.5. The summed E-state index contributed by atoms with van der Waals surface area (Å²) in [6, 6.07) is 4.91. The zero-order valence-electron chi connectivity index (χ0n) is 11.3. The maximum atomic E-state index is 11.9. The first-order chi connectivity index (χ1) is 9.33. The van der Waals surface area contributed by atoms with E-state index in [1.807, 2.05) is 13.8 Å². The van der Waals surface area contributed by atoms with Crippen LogP contribution in [0.15, 0.2) is 18.2 Å². The molecule has 0 aliphatic heterocycles. The maximum Gasteiger partial charge on any atom is 0.411 e. The molecule has 1 aromatic rings. The second-order valence-electron chi connectivity index (χ2n) is 4.19. The summed E-state index contributed by atoms with van der Waals surface area (Å²) >= 11 is 5.92. The fourth-order valence-electron chi connectivity index (χ4n) is 1.67. The lowest BCUT2D eigenvalue weighted by Gasteiger charge is -2.18. The lowest BCUT2D eigenvalue weighted by atomic mass is 10.1. The average Bonchev–Trinajstić information content (AvgIpc) is 2.35. The molecule has 3 nitrogen and oxygen atoms in total. The van der Waals surface area contributed by atoms with Gasteiger partial charge in [-0.25, -0.2) is 0 Å². The summed E-state index contributed by atoms with van der Waals surface area (Å²) in [5, 5.41) is 3.72. The molecule has 0 aromatic heterocycles. The van der Waals surface area contributed by atoms with Crippen LogP contribution in [-0.4, -0.2) is 26.1 Å². The Bertz CT molecular complexity index is 427. The van der Waals surface area contributed by atoms with Gasteiger partial charge in [-0.15, -0.1) is 0 Å². The van der Waals surface area contributed by atoms with E-state index < -0.39 is 19.6 Å². The van der Waals surface area contributed by atoms with E-state index in [0.29, 0.717) is 10.8 Å². The third-order valence-corrected chi connectivity index (χ3v) is 2.75. The predicted octanol–water partition coefficient (Wildman–Crippen LogP) is 3.93. The fourth-order valence-corrected chi connectivity index (χ4v) is 1.85. The van der Waals surface area contributed by atoms with Crippen LogP contribution in [0.25, 0.3) is 0 Å². The molecule has 20 heavy (non-hydrogen) atoms. The van der Waals surface area contributed by atoms with E-state index >= 15 is 0 Å². The van der Waals surface area contributed by atoms with Gasteiger partial charge >= 0.3 is 6.18 Å². The monoisotopic (exact) mass is 311 g/mol. The molecule has 0 fully saturated rings. The molecule has 0 amide bonds. The van der Waals surface area contributed by atoms with Crippen LogP contribution in [0.3, 0.4) is 0 Å². The quantitative estimate of drug-likeness (QED) is 0.611. The van der Waals surface area contributed by atoms with E-state index in [9.17, 15) is 13.2 Å². The van der Waals surface area contributed by atoms with Crippen molar-refractivity contribution < 1.29 is 22.6 Å². The van der Waals surface area contributed by atoms with Crippen LogP contribution >= 0.6 is 11.6 Å². The van der Waals surface area contributed by atoms with E-state index in [1.54, 1.807) is 18.2 Å². The first-order valence-corrected chi connectivity index (χ1v) is 6.51. The molecule has 0 heterocycles. The molecule has 0 saturated carbocycles. The Balaban J connectivity index is 2.64. The zero-order chi connectivity index (χ0) is 15.2. The van der Waals surface area contributed by atoms with Gasteiger partial charge in [-0.2, -0.15) is 13.2 Å². The van der Waals surface area contributed by atoms with Gasteiger partial charge in [-0.1, -0.05) is 18.5 Å². The molecule has 1 N–H and O–H groups in total. The third-order valence-electron chi connectivity index (χ3n) is 2.51. The molecule has 0 spiro atoms. The summed E-state index contributed by atoms with van der Waals surface area (Å²) in [6.07, 6.45) is -4.36. The van der Waals surface area contributed by atoms with Crippen LogP contribution in [0.1, 0.15) is 25.5 Å². The van der Waals surface area contributed by atoms with Gasteiger partial charge in [0.25, 0.3) is 0 Å². The molecule has 0 radical (unpaired) electrons. The average molecular weight is 312 g/mol. The molecule has 114 valence electrons. The third kappa shape index (κ3) is 5.98. The molecular weight excluding hydrogens is 295 g/mol. The first-order valence-electron chi connectivity index (χ1n) is 6.13. The van der Waals surface area contributed by atoms with E-state index in [0.717, 1.165) is 12.1 Å². The first kappa shape index (κ1) is 17.1. The van der Waals surface area contributed by atoms with Crippen LogP contribution in [0.4, 0.5) is 13.2 Å². The second kappa shape index (κ2) is 7.71. The Labute approximate surface area is 121 Å². The van der Waals surface area contributed by atoms with Crippen molar-refractivity contribution in [2.24, 2.45) is 0 Å². The normalized spacial score (nSPS) is 13.3. The Kier molecular flexibility index (Phi) is 6.58. The second-order valence-corrected chi connectivity index (χ2v) is 4.62. The van der Waals surface area contributed by atoms with Gasteiger partial charge < -0.3 is 14.8 Å². The largest absolute Gasteiger partial charge is 0.467 e. The van der Waals surface area contributed by atoms with E-state index in [4.69, 9.17) is 16.3 Å². The van der Waals surface area contributed by atoms with Crippen molar-refractivity contribution in [1.29, 1.82) is 0 Å². The van der Waals surface area contributed by atoms with Gasteiger partial charge in [0.15, 0.2) is 6.79 Å². The van der Waals surface area contributed by atoms with Crippen molar-refractivity contribution in [2.75, 3.05) is 19.9 Å². The molecule has 0 bridgehead atoms. The molecular formula is C13H17ClF3NO2. The van der Waals surface area contributed by atoms with Crippen LogP contribution in [0, 0.1) is 0 Å². The molecule has 0 saturated heterocycles. The highest BCUT2D eigenvalue weighted by molar-refractivity contribution is 6.30. The topological polar surface area (TPSA) is 30.5 Å². The van der Waals surface area contributed by atoms with Crippen LogP contribution in [0.5, 0.6) is 5.75 Å². The van der Waals surface area contributed by atoms with E-state index in [1.165, 1.54) is 0 Å². The van der Waals surface area contributed by atoms with Gasteiger partial charge in [0.05, 0.1) is 0 Å². The zero-order valence-corrected chi connectivity index (χ0v) is 12.0. The fraction of sp³-hybridized carbons (Fsp3) is 0.538. The highest BCUT2D eigenvalue weighted by Gasteiger charge is 2.27. The standard InChI is InChI=1S/C13H17ClF3NO2/c1-3-18-9(2)11-6-10(14)4-5-12(11)20-8-19-7-13(15,16)17/h4-6,9,18H,3,7-8H2,1-2H3. The van der Waals surface area contributed by atoms with Crippen molar-refractivity contribution in [3.05, 3.63) is 28.8 Å². The van der Waals surface area contributed by atoms with Crippen molar-refractivity contribution in [1.82, 2.24) is 5.32 Å². The summed E-state index contributed by atoms with van der Waals surface area (Å²) in [7, 11) is 0. The summed E-state index contributed by atoms with van der Waals surface area (Å²) in [5.41, 5.74) is 0.773. The Morgan fingerprint density at radius 2 is 2.05 bits per heavy atom. The minimum Gasteiger partial charge on any atom is -0.467 e. The van der Waals surface area contributed by atoms with Gasteiger partial charge in [0.1, 0.15) is 12.4 Å². The Morgan fingerprint density at radius 1 is 1.35 bits per heavy atom. The molecule has 1 aromatic carbocycles. The molecule has 0 aliphatic rings. The number of hydrogen-bond acceptors (Lipinski definition) is 3. The molecule has 1 atom stereocenters. The van der Waals surface area contributed by atoms with Crippen LogP contribution in [-0.2, 0) is 4.74 Å². The summed E-state index contributed by atoms with van der Waals surface area (Å²) in [4.78, 5) is 0. The number of nitrogens with one attached hydrogen (secondary N) is 1. The van der Waals surface area contributed by atoms with Gasteiger partial charge in [-0.3, -0.25) is 0 Å². The molecule has 1 rings (SSSR count). The highest BCUT2D eigenvalue weighted by Crippen LogP contribution is 2.28. The van der Waals surface area contributed by atoms with Crippen LogP contribution < -0.4 is 10.1 Å². The van der Waals surface area contributed by atoms with Crippen molar-refractivity contribution in [2.45, 2.75) is 26.1 Å². The molecule has 1 unspecified atom stereocenters. The van der Waals surface area contributed by atoms with Gasteiger partial charge in [0.2, 0.25) is 0 Å². The number of hydrogen-bond donors (Lipinski definition) is 1. The van der Waals surface area contributed by atoms with Gasteiger partial charge in [0, 0.05) is 16.6 Å². The molecule has 7 heteroatoms. The predicted molar refractivity (Wildman–Crippen MR) is 71.0 cm³/mol. The van der Waals surface area contributed by atoms with Crippen molar-refractivity contribution >= 4 is 11.6 Å².